The van der Waals surface area contributed by atoms with Crippen LogP contribution in [0.4, 0.5) is 0 Å². The Balaban J connectivity index is 2.26. The summed E-state index contributed by atoms with van der Waals surface area (Å²) < 4.78 is 0. The van der Waals surface area contributed by atoms with Crippen LogP contribution in [-0.2, 0) is 5.41 Å². The van der Waals surface area contributed by atoms with E-state index in [0.29, 0.717) is 11.1 Å². The van der Waals surface area contributed by atoms with Gasteiger partial charge in [-0.15, -0.1) is 0 Å². The average Bonchev–Trinajstić information content (AvgIpc) is 2.60. The van der Waals surface area contributed by atoms with Crippen molar-refractivity contribution >= 4 is 0 Å². The molecule has 2 atom stereocenters. The van der Waals surface area contributed by atoms with Crippen LogP contribution in [0.3, 0.4) is 0 Å². The molecule has 0 saturated carbocycles. The van der Waals surface area contributed by atoms with E-state index in [0.717, 1.165) is 11.1 Å². The molecule has 0 aliphatic carbocycles. The van der Waals surface area contributed by atoms with Crippen LogP contribution in [0.1, 0.15) is 48.3 Å². The van der Waals surface area contributed by atoms with E-state index < -0.39 is 12.2 Å². The predicted molar refractivity (Wildman–Crippen MR) is 89.1 cm³/mol. The maximum absolute atomic E-state index is 9.65. The Morgan fingerprint density at radius 1 is 0.696 bits per heavy atom. The largest absolute Gasteiger partial charge is 0.393 e. The molecule has 23 heavy (non-hydrogen) atoms. The SMILES string of the molecule is CC(C)(c1ccc(C(O)CO)cc1)c1ccc(C(O)CO)cc1. The van der Waals surface area contributed by atoms with E-state index in [1.807, 2.05) is 48.5 Å². The Morgan fingerprint density at radius 3 is 1.26 bits per heavy atom. The van der Waals surface area contributed by atoms with Gasteiger partial charge in [-0.1, -0.05) is 62.4 Å². The second kappa shape index (κ2) is 7.23. The van der Waals surface area contributed by atoms with Crippen molar-refractivity contribution in [2.75, 3.05) is 13.2 Å². The van der Waals surface area contributed by atoms with Gasteiger partial charge in [0.25, 0.3) is 0 Å². The lowest BCUT2D eigenvalue weighted by atomic mass is 9.77. The molecule has 0 amide bonds. The number of benzene rings is 2. The van der Waals surface area contributed by atoms with Crippen molar-refractivity contribution in [2.45, 2.75) is 31.5 Å². The topological polar surface area (TPSA) is 80.9 Å². The molecular formula is C19H24O4. The van der Waals surface area contributed by atoms with Crippen LogP contribution in [0.2, 0.25) is 0 Å². The van der Waals surface area contributed by atoms with E-state index in [1.165, 1.54) is 0 Å². The van der Waals surface area contributed by atoms with Crippen molar-refractivity contribution in [3.63, 3.8) is 0 Å². The molecule has 0 aromatic heterocycles. The third kappa shape index (κ3) is 3.79. The third-order valence-corrected chi connectivity index (χ3v) is 4.38. The molecule has 2 unspecified atom stereocenters. The van der Waals surface area contributed by atoms with Crippen LogP contribution >= 0.6 is 0 Å². The lowest BCUT2D eigenvalue weighted by Crippen LogP contribution is -2.19. The highest BCUT2D eigenvalue weighted by Gasteiger charge is 2.23. The van der Waals surface area contributed by atoms with E-state index in [9.17, 15) is 10.2 Å². The minimum Gasteiger partial charge on any atom is -0.393 e. The van der Waals surface area contributed by atoms with E-state index in [2.05, 4.69) is 13.8 Å². The average molecular weight is 316 g/mol. The highest BCUT2D eigenvalue weighted by molar-refractivity contribution is 5.40. The number of hydrogen-bond acceptors (Lipinski definition) is 4. The van der Waals surface area contributed by atoms with Crippen molar-refractivity contribution < 1.29 is 20.4 Å². The predicted octanol–water partition coefficient (Wildman–Crippen LogP) is 2.06. The monoisotopic (exact) mass is 316 g/mol. The molecule has 0 heterocycles. The Morgan fingerprint density at radius 2 is 1.00 bits per heavy atom. The first-order chi connectivity index (χ1) is 10.9. The second-order valence-electron chi connectivity index (χ2n) is 6.27. The van der Waals surface area contributed by atoms with Crippen molar-refractivity contribution in [1.82, 2.24) is 0 Å². The molecule has 2 rings (SSSR count). The van der Waals surface area contributed by atoms with Crippen LogP contribution in [0.15, 0.2) is 48.5 Å². The summed E-state index contributed by atoms with van der Waals surface area (Å²) in [5.41, 5.74) is 3.30. The molecular weight excluding hydrogens is 292 g/mol. The zero-order chi connectivity index (χ0) is 17.0. The van der Waals surface area contributed by atoms with Crippen LogP contribution in [0.5, 0.6) is 0 Å². The minimum atomic E-state index is -0.855. The van der Waals surface area contributed by atoms with Crippen LogP contribution in [0.25, 0.3) is 0 Å². The highest BCUT2D eigenvalue weighted by atomic mass is 16.3. The zero-order valence-corrected chi connectivity index (χ0v) is 13.5. The molecule has 2 aromatic carbocycles. The minimum absolute atomic E-state index is 0.245. The van der Waals surface area contributed by atoms with Crippen molar-refractivity contribution in [3.05, 3.63) is 70.8 Å². The molecule has 4 heteroatoms. The first-order valence-electron chi connectivity index (χ1n) is 7.69. The Hall–Kier alpha value is -1.72. The van der Waals surface area contributed by atoms with Gasteiger partial charge in [0, 0.05) is 5.41 Å². The molecule has 2 aromatic rings. The Kier molecular flexibility index (Phi) is 5.55. The smallest absolute Gasteiger partial charge is 0.102 e. The van der Waals surface area contributed by atoms with Crippen molar-refractivity contribution in [3.8, 4) is 0 Å². The van der Waals surface area contributed by atoms with Crippen molar-refractivity contribution in [2.24, 2.45) is 0 Å². The van der Waals surface area contributed by atoms with Gasteiger partial charge in [0.05, 0.1) is 13.2 Å². The van der Waals surface area contributed by atoms with Gasteiger partial charge in [-0.2, -0.15) is 0 Å². The molecule has 0 radical (unpaired) electrons. The van der Waals surface area contributed by atoms with E-state index in [1.54, 1.807) is 0 Å². The highest BCUT2D eigenvalue weighted by Crippen LogP contribution is 2.32. The molecule has 124 valence electrons. The summed E-state index contributed by atoms with van der Waals surface area (Å²) >= 11 is 0. The number of hydrogen-bond donors (Lipinski definition) is 4. The third-order valence-electron chi connectivity index (χ3n) is 4.38. The van der Waals surface area contributed by atoms with Gasteiger partial charge in [0.15, 0.2) is 0 Å². The lowest BCUT2D eigenvalue weighted by molar-refractivity contribution is 0.0956. The summed E-state index contributed by atoms with van der Waals surface area (Å²) in [6.45, 7) is 3.61. The summed E-state index contributed by atoms with van der Waals surface area (Å²) in [6.07, 6.45) is -1.71. The molecule has 0 spiro atoms. The number of aliphatic hydroxyl groups excluding tert-OH is 4. The summed E-state index contributed by atoms with van der Waals surface area (Å²) in [5, 5.41) is 37.3. The van der Waals surface area contributed by atoms with Crippen LogP contribution < -0.4 is 0 Å². The van der Waals surface area contributed by atoms with Gasteiger partial charge in [-0.3, -0.25) is 0 Å². The fourth-order valence-corrected chi connectivity index (χ4v) is 2.62. The van der Waals surface area contributed by atoms with E-state index in [4.69, 9.17) is 10.2 Å². The standard InChI is InChI=1S/C19H24O4/c1-19(2,15-7-3-13(4-8-15)17(22)11-20)16-9-5-14(6-10-16)18(23)12-21/h3-10,17-18,20-23H,11-12H2,1-2H3. The van der Waals surface area contributed by atoms with Gasteiger partial charge in [0.2, 0.25) is 0 Å². The van der Waals surface area contributed by atoms with Gasteiger partial charge in [-0.25, -0.2) is 0 Å². The molecule has 0 fully saturated rings. The van der Waals surface area contributed by atoms with Gasteiger partial charge in [-0.05, 0) is 22.3 Å². The first-order valence-corrected chi connectivity index (χ1v) is 7.69. The number of aliphatic hydroxyl groups is 4. The quantitative estimate of drug-likeness (QED) is 0.658. The van der Waals surface area contributed by atoms with Crippen LogP contribution in [-0.4, -0.2) is 33.6 Å². The maximum atomic E-state index is 9.65. The van der Waals surface area contributed by atoms with Gasteiger partial charge < -0.3 is 20.4 Å². The Labute approximate surface area is 136 Å². The maximum Gasteiger partial charge on any atom is 0.102 e. The molecule has 4 nitrogen and oxygen atoms in total. The molecule has 0 aliphatic rings. The van der Waals surface area contributed by atoms with E-state index >= 15 is 0 Å². The number of rotatable bonds is 6. The summed E-state index contributed by atoms with van der Waals surface area (Å²) in [6, 6.07) is 15.1. The summed E-state index contributed by atoms with van der Waals surface area (Å²) in [7, 11) is 0. The van der Waals surface area contributed by atoms with E-state index in [-0.39, 0.29) is 18.6 Å². The van der Waals surface area contributed by atoms with Gasteiger partial charge in [0.1, 0.15) is 12.2 Å². The molecule has 0 saturated heterocycles. The fraction of sp³-hybridized carbons (Fsp3) is 0.368. The molecule has 0 aliphatic heterocycles. The molecule has 4 N–H and O–H groups in total. The van der Waals surface area contributed by atoms with Gasteiger partial charge >= 0.3 is 0 Å². The molecule has 0 bridgehead atoms. The fourth-order valence-electron chi connectivity index (χ4n) is 2.62. The van der Waals surface area contributed by atoms with Crippen molar-refractivity contribution in [1.29, 1.82) is 0 Å². The summed E-state index contributed by atoms with van der Waals surface area (Å²) in [5.74, 6) is 0. The second-order valence-corrected chi connectivity index (χ2v) is 6.27. The normalized spacial score (nSPS) is 14.5. The zero-order valence-electron chi connectivity index (χ0n) is 13.5. The lowest BCUT2D eigenvalue weighted by Gasteiger charge is -2.27. The Bertz CT molecular complexity index is 561. The first kappa shape index (κ1) is 17.6. The summed E-state index contributed by atoms with van der Waals surface area (Å²) in [4.78, 5) is 0. The van der Waals surface area contributed by atoms with Crippen LogP contribution in [0, 0.1) is 0 Å².